The molecule has 1 aromatic heterocycles. The van der Waals surface area contributed by atoms with E-state index in [1.807, 2.05) is 18.2 Å². The normalized spacial score (nSPS) is 11.4. The van der Waals surface area contributed by atoms with Gasteiger partial charge in [0, 0.05) is 10.5 Å². The quantitative estimate of drug-likeness (QED) is 0.221. The fourth-order valence-corrected chi connectivity index (χ4v) is 7.11. The zero-order valence-corrected chi connectivity index (χ0v) is 16.9. The molecule has 0 saturated heterocycles. The van der Waals surface area contributed by atoms with E-state index in [-0.39, 0.29) is 0 Å². The van der Waals surface area contributed by atoms with Crippen LogP contribution in [0.4, 0.5) is 0 Å². The Hall–Kier alpha value is -1.43. The molecule has 0 unspecified atom stereocenters. The number of rotatable bonds is 8. The zero-order chi connectivity index (χ0) is 17.4. The maximum Gasteiger partial charge on any atom is 0.216 e. The second-order valence-corrected chi connectivity index (χ2v) is 10.1. The smallest absolute Gasteiger partial charge is 0.216 e. The van der Waals surface area contributed by atoms with Gasteiger partial charge in [-0.05, 0) is 29.5 Å². The van der Waals surface area contributed by atoms with Crippen molar-refractivity contribution in [2.45, 2.75) is 0 Å². The molecule has 0 atom stereocenters. The maximum atomic E-state index is 5.86. The van der Waals surface area contributed by atoms with E-state index in [2.05, 4.69) is 86.5 Å². The number of hydrogen-bond acceptors (Lipinski definition) is 4. The Labute approximate surface area is 162 Å². The van der Waals surface area contributed by atoms with Crippen LogP contribution in [0.3, 0.4) is 0 Å². The molecule has 0 aliphatic heterocycles. The second-order valence-electron chi connectivity index (χ2n) is 5.48. The van der Waals surface area contributed by atoms with Gasteiger partial charge in [-0.3, -0.25) is 0 Å². The summed E-state index contributed by atoms with van der Waals surface area (Å²) in [5, 5.41) is 14.8. The van der Waals surface area contributed by atoms with Crippen molar-refractivity contribution in [3.05, 3.63) is 72.9 Å². The molecule has 1 heterocycles. The summed E-state index contributed by atoms with van der Waals surface area (Å²) in [5.74, 6) is 0. The highest BCUT2D eigenvalue weighted by molar-refractivity contribution is 14.1. The average molecular weight is 468 g/mol. The van der Waals surface area contributed by atoms with Crippen molar-refractivity contribution in [3.63, 3.8) is 0 Å². The van der Waals surface area contributed by atoms with Gasteiger partial charge in [-0.15, -0.1) is 5.10 Å². The number of hydrogen-bond donors (Lipinski definition) is 0. The molecule has 0 saturated carbocycles. The SMILES string of the molecule is [131I]CCOCC[P+](c1ccccc1)(c1ccccc1)c1ccnnn1. The van der Waals surface area contributed by atoms with Crippen molar-refractivity contribution in [1.29, 1.82) is 0 Å². The summed E-state index contributed by atoms with van der Waals surface area (Å²) in [7, 11) is -1.93. The lowest BCUT2D eigenvalue weighted by Gasteiger charge is -2.25. The first kappa shape index (κ1) is 18.4. The summed E-state index contributed by atoms with van der Waals surface area (Å²) < 4.78 is 6.85. The predicted octanol–water partition coefficient (Wildman–Crippen LogP) is 2.62. The van der Waals surface area contributed by atoms with Crippen LogP contribution < -0.4 is 16.0 Å². The topological polar surface area (TPSA) is 47.9 Å². The van der Waals surface area contributed by atoms with E-state index in [4.69, 9.17) is 4.74 Å². The molecule has 0 N–H and O–H groups in total. The molecule has 128 valence electrons. The number of ether oxygens (including phenoxy) is 1. The highest BCUT2D eigenvalue weighted by Gasteiger charge is 2.46. The average Bonchev–Trinajstić information content (AvgIpc) is 2.70. The highest BCUT2D eigenvalue weighted by Crippen LogP contribution is 2.54. The van der Waals surface area contributed by atoms with Crippen LogP contribution in [0.1, 0.15) is 0 Å². The van der Waals surface area contributed by atoms with Gasteiger partial charge in [-0.1, -0.05) is 64.1 Å². The first-order chi connectivity index (χ1) is 12.4. The lowest BCUT2D eigenvalue weighted by atomic mass is 10.4. The first-order valence-corrected chi connectivity index (χ1v) is 11.7. The van der Waals surface area contributed by atoms with Crippen molar-refractivity contribution in [2.75, 3.05) is 23.8 Å². The minimum atomic E-state index is -1.93. The van der Waals surface area contributed by atoms with Crippen molar-refractivity contribution in [2.24, 2.45) is 0 Å². The van der Waals surface area contributed by atoms with Gasteiger partial charge >= 0.3 is 0 Å². The van der Waals surface area contributed by atoms with Gasteiger partial charge in [0.2, 0.25) is 5.44 Å². The fraction of sp³-hybridized carbons (Fsp3) is 0.211. The second kappa shape index (κ2) is 9.32. The van der Waals surface area contributed by atoms with Crippen LogP contribution in [0.15, 0.2) is 72.9 Å². The molecule has 3 aromatic rings. The monoisotopic (exact) mass is 468 g/mol. The van der Waals surface area contributed by atoms with E-state index in [9.17, 15) is 0 Å². The molecule has 0 aliphatic rings. The Kier molecular flexibility index (Phi) is 6.84. The number of benzene rings is 2. The van der Waals surface area contributed by atoms with Crippen molar-refractivity contribution >= 4 is 45.9 Å². The van der Waals surface area contributed by atoms with Gasteiger partial charge in [-0.25, -0.2) is 0 Å². The van der Waals surface area contributed by atoms with E-state index in [1.165, 1.54) is 10.6 Å². The van der Waals surface area contributed by atoms with Gasteiger partial charge in [-0.2, -0.15) is 0 Å². The molecule has 4 nitrogen and oxygen atoms in total. The summed E-state index contributed by atoms with van der Waals surface area (Å²) in [6, 6.07) is 23.2. The minimum Gasteiger partial charge on any atom is -0.377 e. The van der Waals surface area contributed by atoms with Crippen LogP contribution in [0.2, 0.25) is 0 Å². The van der Waals surface area contributed by atoms with Crippen LogP contribution in [-0.2, 0) is 4.74 Å². The Morgan fingerprint density at radius 1 is 0.840 bits per heavy atom. The summed E-state index contributed by atoms with van der Waals surface area (Å²) >= 11 is 2.34. The molecule has 0 spiro atoms. The van der Waals surface area contributed by atoms with E-state index < -0.39 is 7.26 Å². The zero-order valence-electron chi connectivity index (χ0n) is 13.8. The third kappa shape index (κ3) is 4.22. The van der Waals surface area contributed by atoms with Gasteiger partial charge in [0.1, 0.15) is 17.9 Å². The van der Waals surface area contributed by atoms with Crippen molar-refractivity contribution in [1.82, 2.24) is 15.4 Å². The largest absolute Gasteiger partial charge is 0.377 e. The Balaban J connectivity index is 2.13. The van der Waals surface area contributed by atoms with Crippen molar-refractivity contribution < 1.29 is 4.74 Å². The Bertz CT molecular complexity index is 663. The summed E-state index contributed by atoms with van der Waals surface area (Å²) in [5.41, 5.74) is 0.998. The molecule has 25 heavy (non-hydrogen) atoms. The third-order valence-electron chi connectivity index (χ3n) is 4.07. The molecule has 0 aliphatic carbocycles. The highest BCUT2D eigenvalue weighted by atomic mass is 131. The van der Waals surface area contributed by atoms with Crippen LogP contribution in [0, 0.1) is 0 Å². The van der Waals surface area contributed by atoms with Gasteiger partial charge in [0.15, 0.2) is 0 Å². The molecule has 0 amide bonds. The van der Waals surface area contributed by atoms with Gasteiger partial charge in [0.25, 0.3) is 0 Å². The number of nitrogens with zero attached hydrogens (tertiary/aromatic N) is 3. The van der Waals surface area contributed by atoms with E-state index >= 15 is 0 Å². The number of halogens is 1. The molecule has 0 fully saturated rings. The first-order valence-electron chi connectivity index (χ1n) is 8.16. The fourth-order valence-electron chi connectivity index (χ4n) is 2.95. The molecular weight excluding hydrogens is 448 g/mol. The van der Waals surface area contributed by atoms with E-state index in [0.717, 1.165) is 22.6 Å². The van der Waals surface area contributed by atoms with E-state index in [0.29, 0.717) is 6.61 Å². The van der Waals surface area contributed by atoms with Gasteiger partial charge in [0.05, 0.1) is 25.6 Å². The summed E-state index contributed by atoms with van der Waals surface area (Å²) in [6.45, 7) is 1.47. The van der Waals surface area contributed by atoms with Gasteiger partial charge < -0.3 is 4.74 Å². The maximum absolute atomic E-state index is 5.86. The van der Waals surface area contributed by atoms with Crippen LogP contribution in [-0.4, -0.2) is 39.2 Å². The minimum absolute atomic E-state index is 0.699. The van der Waals surface area contributed by atoms with Crippen LogP contribution >= 0.6 is 29.9 Å². The molecule has 6 heteroatoms. The predicted molar refractivity (Wildman–Crippen MR) is 113 cm³/mol. The number of aromatic nitrogens is 3. The van der Waals surface area contributed by atoms with Crippen molar-refractivity contribution in [3.8, 4) is 0 Å². The number of alkyl halides is 1. The molecule has 0 radical (unpaired) electrons. The molecule has 0 bridgehead atoms. The third-order valence-corrected chi connectivity index (χ3v) is 8.74. The van der Waals surface area contributed by atoms with E-state index in [1.54, 1.807) is 6.20 Å². The lowest BCUT2D eigenvalue weighted by molar-refractivity contribution is 0.168. The van der Waals surface area contributed by atoms with Crippen LogP contribution in [0.25, 0.3) is 0 Å². The van der Waals surface area contributed by atoms with Crippen LogP contribution in [0.5, 0.6) is 0 Å². The Morgan fingerprint density at radius 3 is 2.00 bits per heavy atom. The lowest BCUT2D eigenvalue weighted by Crippen LogP contribution is -2.36. The molecule has 2 aromatic carbocycles. The molecule has 3 rings (SSSR count). The standard InChI is InChI=1S/C19H20IN3OP/c20-12-14-24-15-16-25(17-7-3-1-4-8-17,18-9-5-2-6-10-18)19-11-13-21-23-22-19/h1-11,13H,12,14-16H2/q+1/i20+4. The Morgan fingerprint density at radius 2 is 1.48 bits per heavy atom. The summed E-state index contributed by atoms with van der Waals surface area (Å²) in [4.78, 5) is 0. The summed E-state index contributed by atoms with van der Waals surface area (Å²) in [6.07, 6.45) is 2.63. The molecular formula is C19H20IN3OP+.